The Morgan fingerprint density at radius 1 is 1.28 bits per heavy atom. The molecule has 3 rings (SSSR count). The van der Waals surface area contributed by atoms with E-state index in [0.717, 1.165) is 5.56 Å². The van der Waals surface area contributed by atoms with Crippen LogP contribution in [-0.2, 0) is 16.1 Å². The minimum Gasteiger partial charge on any atom is -0.503 e. The van der Waals surface area contributed by atoms with E-state index in [1.807, 2.05) is 0 Å². The second-order valence-corrected chi connectivity index (χ2v) is 5.76. The van der Waals surface area contributed by atoms with Crippen LogP contribution in [0.3, 0.4) is 0 Å². The molecular weight excluding hydrogens is 323 g/mol. The second kappa shape index (κ2) is 6.84. The molecule has 128 valence electrons. The average molecular weight is 340 g/mol. The van der Waals surface area contributed by atoms with Crippen molar-refractivity contribution in [1.29, 1.82) is 0 Å². The molecule has 0 aliphatic carbocycles. The standard InChI is InChI=1S/C19H17FN2O3/c1-2-15(23)16-17(13-7-3-4-8-14(13)20)22(19(25)18(16)24)11-12-6-5-9-21-10-12/h3-10,17,24H,2,11H2,1H3. The van der Waals surface area contributed by atoms with Gasteiger partial charge in [0.2, 0.25) is 0 Å². The molecule has 1 N–H and O–H groups in total. The average Bonchev–Trinajstić information content (AvgIpc) is 2.87. The maximum Gasteiger partial charge on any atom is 0.290 e. The summed E-state index contributed by atoms with van der Waals surface area (Å²) in [6, 6.07) is 8.49. The molecule has 0 spiro atoms. The number of carbonyl (C=O) groups is 2. The number of halogens is 1. The maximum absolute atomic E-state index is 14.4. The van der Waals surface area contributed by atoms with E-state index < -0.39 is 23.5 Å². The monoisotopic (exact) mass is 340 g/mol. The maximum atomic E-state index is 14.4. The Balaban J connectivity index is 2.09. The Morgan fingerprint density at radius 3 is 2.68 bits per heavy atom. The number of pyridine rings is 1. The third-order valence-corrected chi connectivity index (χ3v) is 4.20. The second-order valence-electron chi connectivity index (χ2n) is 5.76. The van der Waals surface area contributed by atoms with E-state index in [1.54, 1.807) is 37.5 Å². The minimum atomic E-state index is -0.957. The van der Waals surface area contributed by atoms with Crippen LogP contribution in [0.1, 0.15) is 30.5 Å². The summed E-state index contributed by atoms with van der Waals surface area (Å²) in [5.74, 6) is -2.21. The first kappa shape index (κ1) is 16.8. The van der Waals surface area contributed by atoms with Crippen LogP contribution < -0.4 is 0 Å². The van der Waals surface area contributed by atoms with Crippen molar-refractivity contribution in [2.45, 2.75) is 25.9 Å². The van der Waals surface area contributed by atoms with E-state index in [9.17, 15) is 19.1 Å². The highest BCUT2D eigenvalue weighted by Gasteiger charge is 2.43. The fraction of sp³-hybridized carbons (Fsp3) is 0.211. The number of rotatable bonds is 5. The summed E-state index contributed by atoms with van der Waals surface area (Å²) >= 11 is 0. The van der Waals surface area contributed by atoms with Crippen LogP contribution in [0.4, 0.5) is 4.39 Å². The zero-order valence-corrected chi connectivity index (χ0v) is 13.6. The molecule has 6 heteroatoms. The van der Waals surface area contributed by atoms with E-state index >= 15 is 0 Å². The van der Waals surface area contributed by atoms with Gasteiger partial charge in [-0.05, 0) is 17.7 Å². The molecule has 0 saturated carbocycles. The number of aromatic nitrogens is 1. The van der Waals surface area contributed by atoms with E-state index in [0.29, 0.717) is 0 Å². The lowest BCUT2D eigenvalue weighted by molar-refractivity contribution is -0.130. The van der Waals surface area contributed by atoms with Gasteiger partial charge >= 0.3 is 0 Å². The lowest BCUT2D eigenvalue weighted by Crippen LogP contribution is -2.31. The number of nitrogens with zero attached hydrogens (tertiary/aromatic N) is 2. The molecular formula is C19H17FN2O3. The van der Waals surface area contributed by atoms with Gasteiger partial charge in [0.15, 0.2) is 11.5 Å². The van der Waals surface area contributed by atoms with Crippen molar-refractivity contribution in [1.82, 2.24) is 9.88 Å². The van der Waals surface area contributed by atoms with Gasteiger partial charge in [-0.1, -0.05) is 31.2 Å². The molecule has 1 unspecified atom stereocenters. The van der Waals surface area contributed by atoms with Gasteiger partial charge in [0.25, 0.3) is 5.91 Å². The van der Waals surface area contributed by atoms with Crippen molar-refractivity contribution < 1.29 is 19.1 Å². The SMILES string of the molecule is CCC(=O)C1=C(O)C(=O)N(Cc2cccnc2)C1c1ccccc1F. The summed E-state index contributed by atoms with van der Waals surface area (Å²) in [6.07, 6.45) is 3.30. The predicted molar refractivity (Wildman–Crippen MR) is 88.9 cm³/mol. The Hall–Kier alpha value is -3.02. The van der Waals surface area contributed by atoms with Crippen molar-refractivity contribution in [2.24, 2.45) is 0 Å². The zero-order valence-electron chi connectivity index (χ0n) is 13.6. The van der Waals surface area contributed by atoms with Gasteiger partial charge < -0.3 is 10.0 Å². The van der Waals surface area contributed by atoms with Gasteiger partial charge in [0.05, 0.1) is 11.6 Å². The van der Waals surface area contributed by atoms with Crippen LogP contribution in [0.5, 0.6) is 0 Å². The summed E-state index contributed by atoms with van der Waals surface area (Å²) in [5.41, 5.74) is 0.845. The van der Waals surface area contributed by atoms with Crippen LogP contribution in [-0.4, -0.2) is 26.7 Å². The number of amides is 1. The molecule has 2 heterocycles. The van der Waals surface area contributed by atoms with Crippen molar-refractivity contribution in [3.63, 3.8) is 0 Å². The summed E-state index contributed by atoms with van der Waals surface area (Å²) < 4.78 is 14.4. The Kier molecular flexibility index (Phi) is 4.61. The van der Waals surface area contributed by atoms with Crippen LogP contribution in [0.15, 0.2) is 60.1 Å². The van der Waals surface area contributed by atoms with E-state index in [1.165, 1.54) is 23.1 Å². The fourth-order valence-corrected chi connectivity index (χ4v) is 3.00. The molecule has 0 bridgehead atoms. The molecule has 5 nitrogen and oxygen atoms in total. The number of benzene rings is 1. The lowest BCUT2D eigenvalue weighted by Gasteiger charge is -2.27. The Morgan fingerprint density at radius 2 is 2.04 bits per heavy atom. The quantitative estimate of drug-likeness (QED) is 0.908. The molecule has 2 aromatic rings. The van der Waals surface area contributed by atoms with Gasteiger partial charge in [0.1, 0.15) is 5.82 Å². The highest BCUT2D eigenvalue weighted by Crippen LogP contribution is 2.39. The van der Waals surface area contributed by atoms with Crippen LogP contribution >= 0.6 is 0 Å². The smallest absolute Gasteiger partial charge is 0.290 e. The van der Waals surface area contributed by atoms with Gasteiger partial charge in [-0.15, -0.1) is 0 Å². The van der Waals surface area contributed by atoms with Gasteiger partial charge in [-0.3, -0.25) is 14.6 Å². The summed E-state index contributed by atoms with van der Waals surface area (Å²) in [5, 5.41) is 10.3. The molecule has 25 heavy (non-hydrogen) atoms. The van der Waals surface area contributed by atoms with Gasteiger partial charge in [0, 0.05) is 30.9 Å². The van der Waals surface area contributed by atoms with Crippen LogP contribution in [0.25, 0.3) is 0 Å². The predicted octanol–water partition coefficient (Wildman–Crippen LogP) is 3.10. The van der Waals surface area contributed by atoms with Crippen molar-refractivity contribution >= 4 is 11.7 Å². The number of aliphatic hydroxyl groups excluding tert-OH is 1. The molecule has 1 aliphatic heterocycles. The fourth-order valence-electron chi connectivity index (χ4n) is 3.00. The van der Waals surface area contributed by atoms with Crippen LogP contribution in [0, 0.1) is 5.82 Å². The highest BCUT2D eigenvalue weighted by atomic mass is 19.1. The molecule has 1 aromatic carbocycles. The molecule has 0 fully saturated rings. The normalized spacial score (nSPS) is 17.3. The molecule has 1 aromatic heterocycles. The van der Waals surface area contributed by atoms with Crippen molar-refractivity contribution in [2.75, 3.05) is 0 Å². The summed E-state index contributed by atoms with van der Waals surface area (Å²) in [6.45, 7) is 1.74. The molecule has 1 amide bonds. The Labute approximate surface area is 144 Å². The van der Waals surface area contributed by atoms with Crippen molar-refractivity contribution in [3.05, 3.63) is 77.1 Å². The Bertz CT molecular complexity index is 849. The number of ketones is 1. The molecule has 0 radical (unpaired) electrons. The first-order chi connectivity index (χ1) is 12.0. The molecule has 0 saturated heterocycles. The summed E-state index contributed by atoms with van der Waals surface area (Å²) in [4.78, 5) is 30.2. The van der Waals surface area contributed by atoms with Gasteiger partial charge in [-0.2, -0.15) is 0 Å². The third kappa shape index (κ3) is 3.03. The molecule has 1 aliphatic rings. The van der Waals surface area contributed by atoms with E-state index in [4.69, 9.17) is 0 Å². The van der Waals surface area contributed by atoms with Crippen LogP contribution in [0.2, 0.25) is 0 Å². The topological polar surface area (TPSA) is 70.5 Å². The minimum absolute atomic E-state index is 0.0542. The third-order valence-electron chi connectivity index (χ3n) is 4.20. The number of carbonyl (C=O) groups excluding carboxylic acids is 2. The van der Waals surface area contributed by atoms with E-state index in [2.05, 4.69) is 4.98 Å². The zero-order chi connectivity index (χ0) is 18.0. The van der Waals surface area contributed by atoms with Crippen molar-refractivity contribution in [3.8, 4) is 0 Å². The first-order valence-electron chi connectivity index (χ1n) is 7.95. The largest absolute Gasteiger partial charge is 0.503 e. The number of aliphatic hydroxyl groups is 1. The van der Waals surface area contributed by atoms with E-state index in [-0.39, 0.29) is 29.9 Å². The number of Topliss-reactive ketones (excluding diaryl/α,β-unsaturated/α-hetero) is 1. The summed E-state index contributed by atoms with van der Waals surface area (Å²) in [7, 11) is 0. The first-order valence-corrected chi connectivity index (χ1v) is 7.95. The number of hydrogen-bond donors (Lipinski definition) is 1. The van der Waals surface area contributed by atoms with Gasteiger partial charge in [-0.25, -0.2) is 4.39 Å². The number of hydrogen-bond acceptors (Lipinski definition) is 4. The highest BCUT2D eigenvalue weighted by molar-refractivity contribution is 6.08. The molecule has 1 atom stereocenters. The lowest BCUT2D eigenvalue weighted by atomic mass is 9.94.